The van der Waals surface area contributed by atoms with Gasteiger partial charge in [-0.25, -0.2) is 4.98 Å². The van der Waals surface area contributed by atoms with Crippen LogP contribution in [-0.2, 0) is 10.5 Å². The lowest BCUT2D eigenvalue weighted by molar-refractivity contribution is -0.115. The summed E-state index contributed by atoms with van der Waals surface area (Å²) < 4.78 is 0. The zero-order valence-corrected chi connectivity index (χ0v) is 18.0. The van der Waals surface area contributed by atoms with Crippen molar-refractivity contribution in [1.82, 2.24) is 4.98 Å². The number of hydrogen-bond acceptors (Lipinski definition) is 4. The molecule has 0 aliphatic carbocycles. The number of carbonyl (C=O) groups excluding carboxylic acids is 1. The maximum Gasteiger partial charge on any atom is 0.230 e. The quantitative estimate of drug-likeness (QED) is 0.471. The van der Waals surface area contributed by atoms with Gasteiger partial charge in [0, 0.05) is 23.0 Å². The highest BCUT2D eigenvalue weighted by atomic mass is 32.2. The van der Waals surface area contributed by atoms with Gasteiger partial charge in [0.2, 0.25) is 5.91 Å². The molecule has 1 heterocycles. The van der Waals surface area contributed by atoms with E-state index in [1.165, 1.54) is 27.4 Å². The third kappa shape index (κ3) is 4.42. The Morgan fingerprint density at radius 3 is 2.37 bits per heavy atom. The van der Waals surface area contributed by atoms with Gasteiger partial charge in [-0.05, 0) is 50.5 Å². The van der Waals surface area contributed by atoms with Crippen LogP contribution in [0.25, 0.3) is 0 Å². The smallest absolute Gasteiger partial charge is 0.230 e. The lowest BCUT2D eigenvalue weighted by Gasteiger charge is -2.23. The van der Waals surface area contributed by atoms with Crippen LogP contribution in [0.4, 0.5) is 10.8 Å². The lowest BCUT2D eigenvalue weighted by Crippen LogP contribution is -2.24. The van der Waals surface area contributed by atoms with Gasteiger partial charge in [0.15, 0.2) is 5.13 Å². The van der Waals surface area contributed by atoms with Gasteiger partial charge in [0.05, 0.1) is 11.4 Å². The van der Waals surface area contributed by atoms with Crippen molar-refractivity contribution in [2.75, 3.05) is 4.90 Å². The third-order valence-electron chi connectivity index (χ3n) is 4.37. The standard InChI is InChI=1S/C22H24N2OS2/c1-14-10-16(3)21(17(4)11-14)24(18(5)25)22-23-19(13-27-22)12-26-20-9-7-6-8-15(20)2/h6-11,13H,12H2,1-5H3. The average Bonchev–Trinajstić information content (AvgIpc) is 3.05. The Morgan fingerprint density at radius 2 is 1.74 bits per heavy atom. The summed E-state index contributed by atoms with van der Waals surface area (Å²) in [5.41, 5.74) is 6.60. The van der Waals surface area contributed by atoms with E-state index in [1.54, 1.807) is 23.6 Å². The zero-order valence-electron chi connectivity index (χ0n) is 16.4. The number of aromatic nitrogens is 1. The predicted octanol–water partition coefficient (Wildman–Crippen LogP) is 6.35. The van der Waals surface area contributed by atoms with Crippen LogP contribution in [0, 0.1) is 27.7 Å². The Hall–Kier alpha value is -2.11. The molecule has 0 spiro atoms. The summed E-state index contributed by atoms with van der Waals surface area (Å²) in [4.78, 5) is 20.2. The summed E-state index contributed by atoms with van der Waals surface area (Å²) in [6, 6.07) is 12.6. The molecule has 0 bridgehead atoms. The van der Waals surface area contributed by atoms with Gasteiger partial charge in [-0.2, -0.15) is 0 Å². The highest BCUT2D eigenvalue weighted by molar-refractivity contribution is 7.98. The van der Waals surface area contributed by atoms with Crippen LogP contribution in [-0.4, -0.2) is 10.9 Å². The fourth-order valence-corrected chi connectivity index (χ4v) is 5.15. The van der Waals surface area contributed by atoms with Crippen LogP contribution in [0.2, 0.25) is 0 Å². The third-order valence-corrected chi connectivity index (χ3v) is 6.46. The second kappa shape index (κ2) is 8.28. The minimum atomic E-state index is -0.0162. The van der Waals surface area contributed by atoms with Gasteiger partial charge >= 0.3 is 0 Å². The van der Waals surface area contributed by atoms with Crippen LogP contribution < -0.4 is 4.90 Å². The summed E-state index contributed by atoms with van der Waals surface area (Å²) >= 11 is 3.30. The first-order valence-corrected chi connectivity index (χ1v) is 10.7. The number of hydrogen-bond donors (Lipinski definition) is 0. The zero-order chi connectivity index (χ0) is 19.6. The SMILES string of the molecule is CC(=O)N(c1nc(CSc2ccccc2C)cs1)c1c(C)cc(C)cc1C. The molecule has 140 valence electrons. The molecule has 0 saturated carbocycles. The fraction of sp³-hybridized carbons (Fsp3) is 0.273. The molecule has 0 N–H and O–H groups in total. The van der Waals surface area contributed by atoms with E-state index in [0.29, 0.717) is 0 Å². The Bertz CT molecular complexity index is 955. The van der Waals surface area contributed by atoms with Gasteiger partial charge in [-0.3, -0.25) is 9.69 Å². The molecule has 3 rings (SSSR count). The molecule has 3 aromatic rings. The molecule has 0 unspecified atom stereocenters. The molecule has 5 heteroatoms. The minimum absolute atomic E-state index is 0.0162. The number of aryl methyl sites for hydroxylation is 4. The Morgan fingerprint density at radius 1 is 1.07 bits per heavy atom. The molecule has 0 aliphatic heterocycles. The Balaban J connectivity index is 1.87. The number of thioether (sulfide) groups is 1. The summed E-state index contributed by atoms with van der Waals surface area (Å²) in [6.45, 7) is 9.89. The number of nitrogens with zero attached hydrogens (tertiary/aromatic N) is 2. The minimum Gasteiger partial charge on any atom is -0.274 e. The van der Waals surface area contributed by atoms with Crippen LogP contribution in [0.15, 0.2) is 46.7 Å². The van der Waals surface area contributed by atoms with E-state index in [-0.39, 0.29) is 5.91 Å². The molecular weight excluding hydrogens is 372 g/mol. The number of carbonyl (C=O) groups is 1. The highest BCUT2D eigenvalue weighted by Gasteiger charge is 2.21. The van der Waals surface area contributed by atoms with Crippen molar-refractivity contribution in [2.45, 2.75) is 45.3 Å². The number of amides is 1. The molecule has 0 fully saturated rings. The molecule has 1 aromatic heterocycles. The van der Waals surface area contributed by atoms with Crippen molar-refractivity contribution >= 4 is 39.8 Å². The van der Waals surface area contributed by atoms with E-state index >= 15 is 0 Å². The molecule has 27 heavy (non-hydrogen) atoms. The second-order valence-corrected chi connectivity index (χ2v) is 8.63. The maximum atomic E-state index is 12.5. The molecule has 2 aromatic carbocycles. The molecule has 0 radical (unpaired) electrons. The normalized spacial score (nSPS) is 10.9. The van der Waals surface area contributed by atoms with Gasteiger partial charge in [-0.15, -0.1) is 23.1 Å². The maximum absolute atomic E-state index is 12.5. The molecule has 1 amide bonds. The van der Waals surface area contributed by atoms with Gasteiger partial charge in [0.25, 0.3) is 0 Å². The molecular formula is C22H24N2OS2. The van der Waals surface area contributed by atoms with Crippen LogP contribution in [0.3, 0.4) is 0 Å². The van der Waals surface area contributed by atoms with E-state index in [2.05, 4.69) is 55.6 Å². The van der Waals surface area contributed by atoms with Gasteiger partial charge < -0.3 is 0 Å². The number of rotatable bonds is 5. The first kappa shape index (κ1) is 19.6. The average molecular weight is 397 g/mol. The molecule has 0 atom stereocenters. The fourth-order valence-electron chi connectivity index (χ4n) is 3.25. The summed E-state index contributed by atoms with van der Waals surface area (Å²) in [6.07, 6.45) is 0. The second-order valence-electron chi connectivity index (χ2n) is 6.78. The van der Waals surface area contributed by atoms with Crippen molar-refractivity contribution in [3.63, 3.8) is 0 Å². The molecule has 0 saturated heterocycles. The first-order chi connectivity index (χ1) is 12.9. The van der Waals surface area contributed by atoms with E-state index < -0.39 is 0 Å². The predicted molar refractivity (Wildman–Crippen MR) is 116 cm³/mol. The first-order valence-electron chi connectivity index (χ1n) is 8.88. The van der Waals surface area contributed by atoms with Crippen LogP contribution >= 0.6 is 23.1 Å². The van der Waals surface area contributed by atoms with Crippen LogP contribution in [0.5, 0.6) is 0 Å². The van der Waals surface area contributed by atoms with E-state index in [0.717, 1.165) is 33.4 Å². The van der Waals surface area contributed by atoms with Crippen molar-refractivity contribution in [1.29, 1.82) is 0 Å². The molecule has 0 aliphatic rings. The van der Waals surface area contributed by atoms with E-state index in [1.807, 2.05) is 13.8 Å². The topological polar surface area (TPSA) is 33.2 Å². The summed E-state index contributed by atoms with van der Waals surface area (Å²) in [5, 5.41) is 2.79. The van der Waals surface area contributed by atoms with Gasteiger partial charge in [-0.1, -0.05) is 35.9 Å². The Kier molecular flexibility index (Phi) is 6.02. The monoisotopic (exact) mass is 396 g/mol. The van der Waals surface area contributed by atoms with Crippen molar-refractivity contribution in [3.8, 4) is 0 Å². The number of thiazole rings is 1. The number of benzene rings is 2. The van der Waals surface area contributed by atoms with Crippen molar-refractivity contribution in [3.05, 3.63) is 69.7 Å². The summed E-state index contributed by atoms with van der Waals surface area (Å²) in [7, 11) is 0. The van der Waals surface area contributed by atoms with E-state index in [9.17, 15) is 4.79 Å². The van der Waals surface area contributed by atoms with Crippen LogP contribution in [0.1, 0.15) is 34.9 Å². The van der Waals surface area contributed by atoms with Crippen molar-refractivity contribution < 1.29 is 4.79 Å². The lowest BCUT2D eigenvalue weighted by atomic mass is 10.0. The highest BCUT2D eigenvalue weighted by Crippen LogP contribution is 2.35. The Labute approximate surface area is 169 Å². The van der Waals surface area contributed by atoms with Gasteiger partial charge in [0.1, 0.15) is 0 Å². The van der Waals surface area contributed by atoms with Crippen molar-refractivity contribution in [2.24, 2.45) is 0 Å². The number of anilines is 2. The largest absolute Gasteiger partial charge is 0.274 e. The molecule has 3 nitrogen and oxygen atoms in total. The van der Waals surface area contributed by atoms with E-state index in [4.69, 9.17) is 4.98 Å². The summed E-state index contributed by atoms with van der Waals surface area (Å²) in [5.74, 6) is 0.774.